The lowest BCUT2D eigenvalue weighted by molar-refractivity contribution is -0.137. The molecule has 0 spiro atoms. The lowest BCUT2D eigenvalue weighted by atomic mass is 10.2. The molecule has 21 heavy (non-hydrogen) atoms. The first-order valence-corrected chi connectivity index (χ1v) is 7.43. The molecule has 5 heteroatoms. The molecule has 2 rings (SSSR count). The molecular weight excluding hydrogens is 268 g/mol. The second-order valence-electron chi connectivity index (χ2n) is 5.31. The minimum atomic E-state index is -0.849. The molecule has 1 fully saturated rings. The van der Waals surface area contributed by atoms with Gasteiger partial charge in [0.25, 0.3) is 0 Å². The molecule has 1 aliphatic carbocycles. The van der Waals surface area contributed by atoms with E-state index in [9.17, 15) is 9.59 Å². The summed E-state index contributed by atoms with van der Waals surface area (Å²) in [6.45, 7) is 3.28. The van der Waals surface area contributed by atoms with Gasteiger partial charge < -0.3 is 14.9 Å². The number of aliphatic carboxylic acids is 1. The largest absolute Gasteiger partial charge is 0.481 e. The highest BCUT2D eigenvalue weighted by atomic mass is 16.4. The van der Waals surface area contributed by atoms with E-state index < -0.39 is 5.97 Å². The van der Waals surface area contributed by atoms with E-state index in [0.29, 0.717) is 19.1 Å². The standard InChI is InChI=1S/C16H22N2O3/c1-2-18(14-8-9-14)15(19)12-17(11-10-16(20)21)13-6-4-3-5-7-13/h3-7,14H,2,8-12H2,1H3,(H,20,21). The van der Waals surface area contributed by atoms with Crippen molar-refractivity contribution in [3.8, 4) is 0 Å². The zero-order chi connectivity index (χ0) is 15.2. The molecule has 1 amide bonds. The second-order valence-corrected chi connectivity index (χ2v) is 5.31. The molecule has 0 bridgehead atoms. The van der Waals surface area contributed by atoms with E-state index in [-0.39, 0.29) is 18.9 Å². The molecule has 1 aromatic rings. The van der Waals surface area contributed by atoms with Crippen LogP contribution in [-0.4, -0.2) is 47.6 Å². The number of benzene rings is 1. The number of para-hydroxylation sites is 1. The summed E-state index contributed by atoms with van der Waals surface area (Å²) in [7, 11) is 0. The number of carbonyl (C=O) groups excluding carboxylic acids is 1. The van der Waals surface area contributed by atoms with Gasteiger partial charge in [-0.15, -0.1) is 0 Å². The monoisotopic (exact) mass is 290 g/mol. The first kappa shape index (κ1) is 15.4. The Morgan fingerprint density at radius 2 is 1.90 bits per heavy atom. The van der Waals surface area contributed by atoms with Crippen LogP contribution < -0.4 is 4.90 Å². The Bertz CT molecular complexity index is 486. The number of hydrogen-bond donors (Lipinski definition) is 1. The van der Waals surface area contributed by atoms with Crippen molar-refractivity contribution in [2.75, 3.05) is 24.5 Å². The summed E-state index contributed by atoms with van der Waals surface area (Å²) >= 11 is 0. The molecule has 0 aromatic heterocycles. The Balaban J connectivity index is 2.04. The fourth-order valence-corrected chi connectivity index (χ4v) is 2.45. The van der Waals surface area contributed by atoms with Gasteiger partial charge in [-0.05, 0) is 31.9 Å². The molecular formula is C16H22N2O3. The van der Waals surface area contributed by atoms with Crippen LogP contribution in [0.25, 0.3) is 0 Å². The van der Waals surface area contributed by atoms with Gasteiger partial charge in [0.05, 0.1) is 13.0 Å². The number of likely N-dealkylation sites (N-methyl/N-ethyl adjacent to an activating group) is 1. The van der Waals surface area contributed by atoms with Gasteiger partial charge >= 0.3 is 5.97 Å². The SMILES string of the molecule is CCN(C(=O)CN(CCC(=O)O)c1ccccc1)C1CC1. The molecule has 0 radical (unpaired) electrons. The maximum Gasteiger partial charge on any atom is 0.305 e. The third kappa shape index (κ3) is 4.48. The lowest BCUT2D eigenvalue weighted by Gasteiger charge is -2.28. The van der Waals surface area contributed by atoms with Crippen molar-refractivity contribution >= 4 is 17.6 Å². The molecule has 0 atom stereocenters. The number of rotatable bonds is 8. The Hall–Kier alpha value is -2.04. The van der Waals surface area contributed by atoms with Gasteiger partial charge in [0.1, 0.15) is 0 Å². The van der Waals surface area contributed by atoms with Crippen molar-refractivity contribution < 1.29 is 14.7 Å². The first-order chi connectivity index (χ1) is 10.1. The number of hydrogen-bond acceptors (Lipinski definition) is 3. The summed E-state index contributed by atoms with van der Waals surface area (Å²) in [5.41, 5.74) is 0.888. The Morgan fingerprint density at radius 3 is 2.43 bits per heavy atom. The van der Waals surface area contributed by atoms with E-state index in [1.807, 2.05) is 47.1 Å². The Kier molecular flexibility index (Phi) is 5.20. The van der Waals surface area contributed by atoms with Crippen molar-refractivity contribution in [2.45, 2.75) is 32.2 Å². The van der Waals surface area contributed by atoms with Crippen molar-refractivity contribution in [3.63, 3.8) is 0 Å². The maximum atomic E-state index is 12.4. The fraction of sp³-hybridized carbons (Fsp3) is 0.500. The van der Waals surface area contributed by atoms with Crippen molar-refractivity contribution in [1.82, 2.24) is 4.90 Å². The van der Waals surface area contributed by atoms with Crippen LogP contribution in [0.2, 0.25) is 0 Å². The molecule has 1 aliphatic rings. The highest BCUT2D eigenvalue weighted by Gasteiger charge is 2.31. The van der Waals surface area contributed by atoms with E-state index in [2.05, 4.69) is 0 Å². The van der Waals surface area contributed by atoms with Gasteiger partial charge in [0.15, 0.2) is 0 Å². The van der Waals surface area contributed by atoms with Crippen LogP contribution in [0.4, 0.5) is 5.69 Å². The van der Waals surface area contributed by atoms with E-state index in [0.717, 1.165) is 18.5 Å². The predicted octanol–water partition coefficient (Wildman–Crippen LogP) is 1.98. The average Bonchev–Trinajstić information content (AvgIpc) is 3.29. The third-order valence-electron chi connectivity index (χ3n) is 3.69. The van der Waals surface area contributed by atoms with Crippen LogP contribution in [0.3, 0.4) is 0 Å². The van der Waals surface area contributed by atoms with Crippen LogP contribution in [0.5, 0.6) is 0 Å². The Morgan fingerprint density at radius 1 is 1.24 bits per heavy atom. The number of nitrogens with zero attached hydrogens (tertiary/aromatic N) is 2. The summed E-state index contributed by atoms with van der Waals surface area (Å²) in [6, 6.07) is 9.89. The van der Waals surface area contributed by atoms with Gasteiger partial charge in [0, 0.05) is 24.8 Å². The highest BCUT2D eigenvalue weighted by molar-refractivity contribution is 5.82. The normalized spacial score (nSPS) is 13.8. The quantitative estimate of drug-likeness (QED) is 0.795. The molecule has 114 valence electrons. The molecule has 5 nitrogen and oxygen atoms in total. The average molecular weight is 290 g/mol. The smallest absolute Gasteiger partial charge is 0.305 e. The van der Waals surface area contributed by atoms with Crippen LogP contribution in [0, 0.1) is 0 Å². The number of carboxylic acids is 1. The Labute approximate surface area is 125 Å². The number of amides is 1. The third-order valence-corrected chi connectivity index (χ3v) is 3.69. The molecule has 0 heterocycles. The van der Waals surface area contributed by atoms with Gasteiger partial charge in [-0.25, -0.2) is 0 Å². The molecule has 0 unspecified atom stereocenters. The van der Waals surface area contributed by atoms with Gasteiger partial charge in [-0.2, -0.15) is 0 Å². The van der Waals surface area contributed by atoms with Crippen LogP contribution in [-0.2, 0) is 9.59 Å². The summed E-state index contributed by atoms with van der Waals surface area (Å²) in [5.74, 6) is -0.771. The second kappa shape index (κ2) is 7.11. The summed E-state index contributed by atoms with van der Waals surface area (Å²) in [6.07, 6.45) is 2.19. The van der Waals surface area contributed by atoms with Crippen molar-refractivity contribution in [2.24, 2.45) is 0 Å². The van der Waals surface area contributed by atoms with Crippen LogP contribution in [0.15, 0.2) is 30.3 Å². The summed E-state index contributed by atoms with van der Waals surface area (Å²) in [4.78, 5) is 27.0. The van der Waals surface area contributed by atoms with Gasteiger partial charge in [0.2, 0.25) is 5.91 Å². The zero-order valence-corrected chi connectivity index (χ0v) is 12.4. The maximum absolute atomic E-state index is 12.4. The lowest BCUT2D eigenvalue weighted by Crippen LogP contribution is -2.42. The topological polar surface area (TPSA) is 60.9 Å². The van der Waals surface area contributed by atoms with E-state index in [1.165, 1.54) is 0 Å². The number of anilines is 1. The minimum absolute atomic E-state index is 0.0255. The first-order valence-electron chi connectivity index (χ1n) is 7.43. The van der Waals surface area contributed by atoms with Crippen LogP contribution in [0.1, 0.15) is 26.2 Å². The van der Waals surface area contributed by atoms with Gasteiger partial charge in [-0.3, -0.25) is 9.59 Å². The molecule has 0 aliphatic heterocycles. The number of carbonyl (C=O) groups is 2. The van der Waals surface area contributed by atoms with Gasteiger partial charge in [-0.1, -0.05) is 18.2 Å². The van der Waals surface area contributed by atoms with E-state index in [4.69, 9.17) is 5.11 Å². The summed E-state index contributed by atoms with van der Waals surface area (Å²) < 4.78 is 0. The van der Waals surface area contributed by atoms with E-state index in [1.54, 1.807) is 0 Å². The minimum Gasteiger partial charge on any atom is -0.481 e. The van der Waals surface area contributed by atoms with Crippen molar-refractivity contribution in [3.05, 3.63) is 30.3 Å². The fourth-order valence-electron chi connectivity index (χ4n) is 2.45. The highest BCUT2D eigenvalue weighted by Crippen LogP contribution is 2.27. The summed E-state index contributed by atoms with van der Waals surface area (Å²) in [5, 5.41) is 8.87. The predicted molar refractivity (Wildman–Crippen MR) is 81.3 cm³/mol. The number of carboxylic acid groups (broad SMARTS) is 1. The van der Waals surface area contributed by atoms with Crippen LogP contribution >= 0.6 is 0 Å². The molecule has 1 saturated carbocycles. The van der Waals surface area contributed by atoms with Crippen molar-refractivity contribution in [1.29, 1.82) is 0 Å². The molecule has 1 N–H and O–H groups in total. The zero-order valence-electron chi connectivity index (χ0n) is 12.4. The molecule has 1 aromatic carbocycles. The molecule has 0 saturated heterocycles. The van der Waals surface area contributed by atoms with E-state index >= 15 is 0 Å².